The molecular weight excluding hydrogens is 362 g/mol. The molecule has 154 valence electrons. The number of ether oxygens (including phenoxy) is 2. The van der Waals surface area contributed by atoms with Crippen molar-refractivity contribution in [1.82, 2.24) is 15.5 Å². The molecule has 0 aliphatic carbocycles. The van der Waals surface area contributed by atoms with Gasteiger partial charge in [0, 0.05) is 6.54 Å². The predicted molar refractivity (Wildman–Crippen MR) is 104 cm³/mol. The summed E-state index contributed by atoms with van der Waals surface area (Å²) in [5, 5.41) is 5.44. The quantitative estimate of drug-likeness (QED) is 0.628. The number of rotatable bonds is 9. The summed E-state index contributed by atoms with van der Waals surface area (Å²) in [6, 6.07) is 4.78. The van der Waals surface area contributed by atoms with E-state index in [4.69, 9.17) is 9.47 Å². The summed E-state index contributed by atoms with van der Waals surface area (Å²) < 4.78 is 10.4. The van der Waals surface area contributed by atoms with Crippen LogP contribution >= 0.6 is 0 Å². The van der Waals surface area contributed by atoms with E-state index in [2.05, 4.69) is 24.5 Å². The number of benzene rings is 1. The zero-order valence-corrected chi connectivity index (χ0v) is 17.1. The molecule has 0 spiro atoms. The van der Waals surface area contributed by atoms with Crippen molar-refractivity contribution in [1.29, 1.82) is 0 Å². The molecule has 0 saturated carbocycles. The zero-order valence-electron chi connectivity index (χ0n) is 17.1. The fourth-order valence-electron chi connectivity index (χ4n) is 3.03. The second kappa shape index (κ2) is 8.95. The molecule has 4 amide bonds. The van der Waals surface area contributed by atoms with Crippen molar-refractivity contribution in [2.75, 3.05) is 20.8 Å². The summed E-state index contributed by atoms with van der Waals surface area (Å²) in [6.07, 6.45) is 1.35. The van der Waals surface area contributed by atoms with Crippen LogP contribution in [0.4, 0.5) is 4.79 Å². The number of carbonyl (C=O) groups excluding carboxylic acids is 3. The van der Waals surface area contributed by atoms with Gasteiger partial charge in [0.05, 0.1) is 14.2 Å². The van der Waals surface area contributed by atoms with Crippen LogP contribution in [-0.4, -0.2) is 49.0 Å². The summed E-state index contributed by atoms with van der Waals surface area (Å²) >= 11 is 0. The van der Waals surface area contributed by atoms with Crippen molar-refractivity contribution in [3.8, 4) is 11.5 Å². The van der Waals surface area contributed by atoms with E-state index >= 15 is 0 Å². The molecule has 1 fully saturated rings. The molecule has 1 aromatic rings. The molecule has 8 heteroatoms. The summed E-state index contributed by atoms with van der Waals surface area (Å²) in [4.78, 5) is 38.1. The average Bonchev–Trinajstić information content (AvgIpc) is 2.88. The first-order chi connectivity index (χ1) is 13.2. The standard InChI is InChI=1S/C20H29N3O5/c1-13(2)8-9-20(3)18(25)23(19(26)22-20)12-17(24)21-11-14-6-7-15(27-4)16(10-14)28-5/h6-7,10,13H,8-9,11-12H2,1-5H3,(H,21,24)(H,22,26). The molecule has 1 saturated heterocycles. The van der Waals surface area contributed by atoms with Crippen LogP contribution in [0, 0.1) is 5.92 Å². The number of carbonyl (C=O) groups is 3. The molecule has 1 aliphatic heterocycles. The maximum atomic E-state index is 12.6. The van der Waals surface area contributed by atoms with Gasteiger partial charge in [-0.3, -0.25) is 14.5 Å². The fraction of sp³-hybridized carbons (Fsp3) is 0.550. The monoisotopic (exact) mass is 391 g/mol. The molecule has 0 bridgehead atoms. The minimum atomic E-state index is -0.953. The minimum Gasteiger partial charge on any atom is -0.493 e. The summed E-state index contributed by atoms with van der Waals surface area (Å²) in [5.74, 6) is 0.799. The molecule has 1 atom stereocenters. The van der Waals surface area contributed by atoms with Crippen molar-refractivity contribution >= 4 is 17.8 Å². The molecule has 1 heterocycles. The molecule has 1 unspecified atom stereocenters. The average molecular weight is 391 g/mol. The highest BCUT2D eigenvalue weighted by Crippen LogP contribution is 2.27. The molecule has 28 heavy (non-hydrogen) atoms. The van der Waals surface area contributed by atoms with Crippen LogP contribution < -0.4 is 20.1 Å². The third-order valence-electron chi connectivity index (χ3n) is 4.81. The molecule has 2 N–H and O–H groups in total. The lowest BCUT2D eigenvalue weighted by molar-refractivity contribution is -0.134. The van der Waals surface area contributed by atoms with Crippen LogP contribution in [0.1, 0.15) is 39.2 Å². The maximum Gasteiger partial charge on any atom is 0.325 e. The lowest BCUT2D eigenvalue weighted by atomic mass is 9.92. The van der Waals surface area contributed by atoms with E-state index in [0.717, 1.165) is 16.9 Å². The van der Waals surface area contributed by atoms with E-state index in [0.29, 0.717) is 23.8 Å². The molecule has 8 nitrogen and oxygen atoms in total. The van der Waals surface area contributed by atoms with Crippen LogP contribution in [0.2, 0.25) is 0 Å². The maximum absolute atomic E-state index is 12.6. The van der Waals surface area contributed by atoms with Crippen LogP contribution in [0.15, 0.2) is 18.2 Å². The van der Waals surface area contributed by atoms with Crippen molar-refractivity contribution < 1.29 is 23.9 Å². The van der Waals surface area contributed by atoms with E-state index in [1.165, 1.54) is 7.11 Å². The van der Waals surface area contributed by atoms with E-state index in [-0.39, 0.29) is 19.0 Å². The second-order valence-electron chi connectivity index (χ2n) is 7.55. The first-order valence-electron chi connectivity index (χ1n) is 9.32. The highest BCUT2D eigenvalue weighted by Gasteiger charge is 2.47. The van der Waals surface area contributed by atoms with E-state index in [9.17, 15) is 14.4 Å². The zero-order chi connectivity index (χ0) is 20.9. The smallest absolute Gasteiger partial charge is 0.325 e. The Morgan fingerprint density at radius 3 is 2.50 bits per heavy atom. The fourth-order valence-corrected chi connectivity index (χ4v) is 3.03. The summed E-state index contributed by atoms with van der Waals surface area (Å²) in [6.45, 7) is 5.76. The number of urea groups is 1. The Balaban J connectivity index is 1.94. The van der Waals surface area contributed by atoms with Crippen LogP contribution in [0.3, 0.4) is 0 Å². The van der Waals surface area contributed by atoms with E-state index < -0.39 is 17.5 Å². The Morgan fingerprint density at radius 1 is 1.21 bits per heavy atom. The predicted octanol–water partition coefficient (Wildman–Crippen LogP) is 2.07. The van der Waals surface area contributed by atoms with Gasteiger partial charge < -0.3 is 20.1 Å². The van der Waals surface area contributed by atoms with Gasteiger partial charge in [0.25, 0.3) is 5.91 Å². The van der Waals surface area contributed by atoms with Crippen molar-refractivity contribution in [2.24, 2.45) is 5.92 Å². The highest BCUT2D eigenvalue weighted by molar-refractivity contribution is 6.08. The van der Waals surface area contributed by atoms with Crippen molar-refractivity contribution in [3.63, 3.8) is 0 Å². The second-order valence-corrected chi connectivity index (χ2v) is 7.55. The van der Waals surface area contributed by atoms with Gasteiger partial charge in [0.15, 0.2) is 11.5 Å². The molecule has 2 rings (SSSR count). The SMILES string of the molecule is COc1ccc(CNC(=O)CN2C(=O)NC(C)(CCC(C)C)C2=O)cc1OC. The normalized spacial score (nSPS) is 19.0. The molecule has 0 radical (unpaired) electrons. The van der Waals surface area contributed by atoms with Gasteiger partial charge in [-0.1, -0.05) is 19.9 Å². The molecular formula is C20H29N3O5. The lowest BCUT2D eigenvalue weighted by Crippen LogP contribution is -2.45. The van der Waals surface area contributed by atoms with Gasteiger partial charge in [0.1, 0.15) is 12.1 Å². The number of nitrogens with zero attached hydrogens (tertiary/aromatic N) is 1. The van der Waals surface area contributed by atoms with Gasteiger partial charge >= 0.3 is 6.03 Å². The third kappa shape index (κ3) is 4.94. The van der Waals surface area contributed by atoms with Gasteiger partial charge in [0.2, 0.25) is 5.91 Å². The Bertz CT molecular complexity index is 749. The Morgan fingerprint density at radius 2 is 1.89 bits per heavy atom. The number of hydrogen-bond donors (Lipinski definition) is 2. The number of nitrogens with one attached hydrogen (secondary N) is 2. The van der Waals surface area contributed by atoms with Gasteiger partial charge in [-0.05, 0) is 43.4 Å². The summed E-state index contributed by atoms with van der Waals surface area (Å²) in [7, 11) is 3.08. The number of hydrogen-bond acceptors (Lipinski definition) is 5. The lowest BCUT2D eigenvalue weighted by Gasteiger charge is -2.22. The molecule has 1 aliphatic rings. The van der Waals surface area contributed by atoms with Gasteiger partial charge in [-0.15, -0.1) is 0 Å². The summed E-state index contributed by atoms with van der Waals surface area (Å²) in [5.41, 5.74) is -0.143. The van der Waals surface area contributed by atoms with Gasteiger partial charge in [-0.25, -0.2) is 4.79 Å². The van der Waals surface area contributed by atoms with Crippen molar-refractivity contribution in [3.05, 3.63) is 23.8 Å². The van der Waals surface area contributed by atoms with Crippen LogP contribution in [0.5, 0.6) is 11.5 Å². The van der Waals surface area contributed by atoms with Gasteiger partial charge in [-0.2, -0.15) is 0 Å². The van der Waals surface area contributed by atoms with Crippen LogP contribution in [-0.2, 0) is 16.1 Å². The first kappa shape index (κ1) is 21.5. The molecule has 1 aromatic carbocycles. The third-order valence-corrected chi connectivity index (χ3v) is 4.81. The van der Waals surface area contributed by atoms with E-state index in [1.54, 1.807) is 32.2 Å². The number of amides is 4. The Labute approximate surface area is 165 Å². The highest BCUT2D eigenvalue weighted by atomic mass is 16.5. The minimum absolute atomic E-state index is 0.244. The molecule has 0 aromatic heterocycles. The number of imide groups is 1. The topological polar surface area (TPSA) is 97.0 Å². The number of methoxy groups -OCH3 is 2. The van der Waals surface area contributed by atoms with Crippen molar-refractivity contribution in [2.45, 2.75) is 45.7 Å². The Hall–Kier alpha value is -2.77. The Kier molecular flexibility index (Phi) is 6.88. The van der Waals surface area contributed by atoms with Crippen LogP contribution in [0.25, 0.3) is 0 Å². The largest absolute Gasteiger partial charge is 0.493 e. The first-order valence-corrected chi connectivity index (χ1v) is 9.32. The van der Waals surface area contributed by atoms with E-state index in [1.807, 2.05) is 0 Å².